The Balaban J connectivity index is 2.25. The zero-order valence-corrected chi connectivity index (χ0v) is 14.4. The molecule has 2 aromatic rings. The van der Waals surface area contributed by atoms with Crippen LogP contribution < -0.4 is 15.4 Å². The highest BCUT2D eigenvalue weighted by molar-refractivity contribution is 5.98. The third-order valence-corrected chi connectivity index (χ3v) is 4.20. The molecule has 0 bridgehead atoms. The normalized spacial score (nSPS) is 17.1. The van der Waals surface area contributed by atoms with E-state index in [1.54, 1.807) is 21.0 Å². The van der Waals surface area contributed by atoms with Crippen molar-refractivity contribution in [1.82, 2.24) is 10.6 Å². The maximum Gasteiger partial charge on any atom is 0.338 e. The van der Waals surface area contributed by atoms with E-state index < -0.39 is 12.0 Å². The Bertz CT molecular complexity index is 873. The number of methoxy groups -OCH3 is 1. The first-order valence-electron chi connectivity index (χ1n) is 8.07. The van der Waals surface area contributed by atoms with Gasteiger partial charge in [-0.25, -0.2) is 9.59 Å². The molecule has 2 amide bonds. The molecule has 25 heavy (non-hydrogen) atoms. The predicted molar refractivity (Wildman–Crippen MR) is 94.2 cm³/mol. The number of allylic oxidation sites excluding steroid dienone is 1. The van der Waals surface area contributed by atoms with E-state index in [1.807, 2.05) is 36.4 Å². The summed E-state index contributed by atoms with van der Waals surface area (Å²) in [5, 5.41) is 7.37. The SMILES string of the molecule is CCOC(=O)C1=C(C)NC(=O)N[C@@H]1c1c(OC)ccc2ccccc12. The molecule has 0 spiro atoms. The fourth-order valence-electron chi connectivity index (χ4n) is 3.14. The van der Waals surface area contributed by atoms with Gasteiger partial charge in [0.15, 0.2) is 0 Å². The van der Waals surface area contributed by atoms with E-state index in [4.69, 9.17) is 9.47 Å². The minimum absolute atomic E-state index is 0.253. The fourth-order valence-corrected chi connectivity index (χ4v) is 3.14. The van der Waals surface area contributed by atoms with Gasteiger partial charge >= 0.3 is 12.0 Å². The monoisotopic (exact) mass is 340 g/mol. The van der Waals surface area contributed by atoms with Gasteiger partial charge in [-0.1, -0.05) is 30.3 Å². The molecular weight excluding hydrogens is 320 g/mol. The number of nitrogens with one attached hydrogen (secondary N) is 2. The van der Waals surface area contributed by atoms with E-state index in [2.05, 4.69) is 10.6 Å². The Morgan fingerprint density at radius 1 is 1.20 bits per heavy atom. The van der Waals surface area contributed by atoms with Crippen LogP contribution in [0.5, 0.6) is 5.75 Å². The Morgan fingerprint density at radius 2 is 1.96 bits per heavy atom. The largest absolute Gasteiger partial charge is 0.496 e. The number of benzene rings is 2. The zero-order chi connectivity index (χ0) is 18.0. The summed E-state index contributed by atoms with van der Waals surface area (Å²) in [5.74, 6) is 0.132. The lowest BCUT2D eigenvalue weighted by molar-refractivity contribution is -0.139. The van der Waals surface area contributed by atoms with E-state index in [1.165, 1.54) is 0 Å². The van der Waals surface area contributed by atoms with Gasteiger partial charge in [-0.05, 0) is 30.7 Å². The second kappa shape index (κ2) is 6.84. The highest BCUT2D eigenvalue weighted by atomic mass is 16.5. The lowest BCUT2D eigenvalue weighted by atomic mass is 9.90. The molecule has 2 aromatic carbocycles. The number of amides is 2. The molecule has 1 heterocycles. The quantitative estimate of drug-likeness (QED) is 0.839. The molecule has 0 radical (unpaired) electrons. The van der Waals surface area contributed by atoms with Crippen molar-refractivity contribution in [2.24, 2.45) is 0 Å². The Hall–Kier alpha value is -3.02. The number of hydrogen-bond donors (Lipinski definition) is 2. The summed E-state index contributed by atoms with van der Waals surface area (Å²) in [6.45, 7) is 3.69. The van der Waals surface area contributed by atoms with Gasteiger partial charge in [-0.2, -0.15) is 0 Å². The number of rotatable bonds is 4. The second-order valence-corrected chi connectivity index (χ2v) is 5.69. The summed E-state index contributed by atoms with van der Waals surface area (Å²) >= 11 is 0. The maximum atomic E-state index is 12.5. The highest BCUT2D eigenvalue weighted by Gasteiger charge is 2.34. The van der Waals surface area contributed by atoms with E-state index in [0.717, 1.165) is 16.3 Å². The number of fused-ring (bicyclic) bond motifs is 1. The summed E-state index contributed by atoms with van der Waals surface area (Å²) in [6, 6.07) is 10.5. The first-order valence-corrected chi connectivity index (χ1v) is 8.07. The van der Waals surface area contributed by atoms with Crippen molar-refractivity contribution in [3.05, 3.63) is 53.2 Å². The van der Waals surface area contributed by atoms with Crippen LogP contribution in [0.15, 0.2) is 47.7 Å². The highest BCUT2D eigenvalue weighted by Crippen LogP contribution is 2.38. The van der Waals surface area contributed by atoms with Crippen LogP contribution in [0.4, 0.5) is 4.79 Å². The fraction of sp³-hybridized carbons (Fsp3) is 0.263. The lowest BCUT2D eigenvalue weighted by Crippen LogP contribution is -2.45. The third kappa shape index (κ3) is 3.03. The molecule has 2 N–H and O–H groups in total. The van der Waals surface area contributed by atoms with E-state index in [-0.39, 0.29) is 12.6 Å². The minimum Gasteiger partial charge on any atom is -0.496 e. The number of esters is 1. The third-order valence-electron chi connectivity index (χ3n) is 4.20. The van der Waals surface area contributed by atoms with Crippen molar-refractivity contribution in [3.63, 3.8) is 0 Å². The molecule has 0 unspecified atom stereocenters. The summed E-state index contributed by atoms with van der Waals surface area (Å²) in [4.78, 5) is 24.6. The molecule has 0 aliphatic carbocycles. The first kappa shape index (κ1) is 16.8. The van der Waals surface area contributed by atoms with Crippen LogP contribution in [-0.4, -0.2) is 25.7 Å². The molecule has 6 nitrogen and oxygen atoms in total. The van der Waals surface area contributed by atoms with Crippen LogP contribution in [0.1, 0.15) is 25.5 Å². The number of hydrogen-bond acceptors (Lipinski definition) is 4. The molecule has 0 saturated carbocycles. The van der Waals surface area contributed by atoms with Crippen molar-refractivity contribution in [2.45, 2.75) is 19.9 Å². The molecule has 0 saturated heterocycles. The second-order valence-electron chi connectivity index (χ2n) is 5.69. The van der Waals surface area contributed by atoms with Crippen LogP contribution in [0.25, 0.3) is 10.8 Å². The molecule has 1 atom stereocenters. The van der Waals surface area contributed by atoms with E-state index >= 15 is 0 Å². The zero-order valence-electron chi connectivity index (χ0n) is 14.4. The average Bonchev–Trinajstić information content (AvgIpc) is 2.60. The average molecular weight is 340 g/mol. The van der Waals surface area contributed by atoms with Crippen LogP contribution in [-0.2, 0) is 9.53 Å². The molecule has 3 rings (SSSR count). The summed E-state index contributed by atoms with van der Waals surface area (Å²) in [6.07, 6.45) is 0. The van der Waals surface area contributed by atoms with Crippen molar-refractivity contribution in [2.75, 3.05) is 13.7 Å². The Kier molecular flexibility index (Phi) is 4.61. The Labute approximate surface area is 145 Å². The van der Waals surface area contributed by atoms with Crippen LogP contribution >= 0.6 is 0 Å². The van der Waals surface area contributed by atoms with Gasteiger partial charge in [0, 0.05) is 11.3 Å². The first-order chi connectivity index (χ1) is 12.1. The van der Waals surface area contributed by atoms with Gasteiger partial charge in [-0.15, -0.1) is 0 Å². The lowest BCUT2D eigenvalue weighted by Gasteiger charge is -2.29. The number of ether oxygens (including phenoxy) is 2. The van der Waals surface area contributed by atoms with Gasteiger partial charge < -0.3 is 20.1 Å². The standard InChI is InChI=1S/C19H20N2O4/c1-4-25-18(22)15-11(2)20-19(23)21-17(15)16-13-8-6-5-7-12(13)9-10-14(16)24-3/h5-10,17H,4H2,1-3H3,(H2,20,21,23)/t17-/m0/s1. The molecule has 0 aromatic heterocycles. The van der Waals surface area contributed by atoms with Gasteiger partial charge in [0.2, 0.25) is 0 Å². The van der Waals surface area contributed by atoms with Crippen LogP contribution in [0.2, 0.25) is 0 Å². The van der Waals surface area contributed by atoms with Gasteiger partial charge in [0.05, 0.1) is 25.3 Å². The molecule has 1 aliphatic rings. The van der Waals surface area contributed by atoms with E-state index in [0.29, 0.717) is 17.0 Å². The topological polar surface area (TPSA) is 76.7 Å². The van der Waals surface area contributed by atoms with Gasteiger partial charge in [0.1, 0.15) is 5.75 Å². The Morgan fingerprint density at radius 3 is 2.68 bits per heavy atom. The van der Waals surface area contributed by atoms with Crippen molar-refractivity contribution in [1.29, 1.82) is 0 Å². The summed E-state index contributed by atoms with van der Waals surface area (Å²) < 4.78 is 10.7. The van der Waals surface area contributed by atoms with Crippen LogP contribution in [0, 0.1) is 0 Å². The number of urea groups is 1. The number of carbonyl (C=O) groups excluding carboxylic acids is 2. The molecule has 130 valence electrons. The van der Waals surface area contributed by atoms with E-state index in [9.17, 15) is 9.59 Å². The molecular formula is C19H20N2O4. The summed E-state index contributed by atoms with van der Waals surface area (Å²) in [7, 11) is 1.57. The van der Waals surface area contributed by atoms with Gasteiger partial charge in [0.25, 0.3) is 0 Å². The van der Waals surface area contributed by atoms with Crippen molar-refractivity contribution in [3.8, 4) is 5.75 Å². The van der Waals surface area contributed by atoms with Gasteiger partial charge in [-0.3, -0.25) is 0 Å². The smallest absolute Gasteiger partial charge is 0.338 e. The maximum absolute atomic E-state index is 12.5. The molecule has 0 fully saturated rings. The minimum atomic E-state index is -0.658. The van der Waals surface area contributed by atoms with Crippen LogP contribution in [0.3, 0.4) is 0 Å². The van der Waals surface area contributed by atoms with Crippen molar-refractivity contribution < 1.29 is 19.1 Å². The predicted octanol–water partition coefficient (Wildman–Crippen LogP) is 3.04. The molecule has 6 heteroatoms. The number of carbonyl (C=O) groups is 2. The van der Waals surface area contributed by atoms with Crippen molar-refractivity contribution >= 4 is 22.8 Å². The molecule has 1 aliphatic heterocycles. The summed E-state index contributed by atoms with van der Waals surface area (Å²) in [5.41, 5.74) is 1.58.